The maximum Gasteiger partial charge on any atom is 0.134 e. The van der Waals surface area contributed by atoms with Gasteiger partial charge in [-0.2, -0.15) is 0 Å². The SMILES string of the molecule is Clc1ccc(NCc2coc(-c3ccccc3)c2)nc1. The zero-order chi connectivity index (χ0) is 13.8. The number of furan rings is 1. The first kappa shape index (κ1) is 12.8. The van der Waals surface area contributed by atoms with Gasteiger partial charge in [-0.3, -0.25) is 0 Å². The topological polar surface area (TPSA) is 38.1 Å². The Labute approximate surface area is 122 Å². The van der Waals surface area contributed by atoms with Crippen LogP contribution < -0.4 is 5.32 Å². The summed E-state index contributed by atoms with van der Waals surface area (Å²) >= 11 is 5.79. The van der Waals surface area contributed by atoms with Crippen molar-refractivity contribution in [2.45, 2.75) is 6.54 Å². The van der Waals surface area contributed by atoms with E-state index in [0.29, 0.717) is 11.6 Å². The van der Waals surface area contributed by atoms with Gasteiger partial charge in [0.1, 0.15) is 11.6 Å². The van der Waals surface area contributed by atoms with Crippen LogP contribution in [-0.4, -0.2) is 4.98 Å². The van der Waals surface area contributed by atoms with Crippen molar-refractivity contribution in [2.75, 3.05) is 5.32 Å². The van der Waals surface area contributed by atoms with Gasteiger partial charge < -0.3 is 9.73 Å². The molecule has 0 aliphatic heterocycles. The van der Waals surface area contributed by atoms with Gasteiger partial charge in [0.2, 0.25) is 0 Å². The fourth-order valence-electron chi connectivity index (χ4n) is 1.90. The normalized spacial score (nSPS) is 10.4. The molecule has 3 aromatic rings. The predicted octanol–water partition coefficient (Wildman–Crippen LogP) is 4.61. The molecule has 100 valence electrons. The molecule has 2 heterocycles. The van der Waals surface area contributed by atoms with Crippen molar-refractivity contribution < 1.29 is 4.42 Å². The van der Waals surface area contributed by atoms with Gasteiger partial charge in [0.05, 0.1) is 11.3 Å². The summed E-state index contributed by atoms with van der Waals surface area (Å²) in [5.74, 6) is 1.66. The number of benzene rings is 1. The van der Waals surface area contributed by atoms with E-state index >= 15 is 0 Å². The van der Waals surface area contributed by atoms with Crippen molar-refractivity contribution in [3.05, 3.63) is 71.6 Å². The molecule has 0 amide bonds. The summed E-state index contributed by atoms with van der Waals surface area (Å²) in [5.41, 5.74) is 2.14. The number of nitrogens with zero attached hydrogens (tertiary/aromatic N) is 1. The van der Waals surface area contributed by atoms with Crippen LogP contribution in [0.25, 0.3) is 11.3 Å². The zero-order valence-electron chi connectivity index (χ0n) is 10.7. The van der Waals surface area contributed by atoms with E-state index < -0.39 is 0 Å². The van der Waals surface area contributed by atoms with E-state index in [4.69, 9.17) is 16.0 Å². The minimum atomic E-state index is 0.630. The van der Waals surface area contributed by atoms with Gasteiger partial charge in [-0.05, 0) is 18.2 Å². The molecule has 3 rings (SSSR count). The van der Waals surface area contributed by atoms with E-state index in [-0.39, 0.29) is 0 Å². The molecule has 0 aliphatic carbocycles. The molecule has 4 heteroatoms. The van der Waals surface area contributed by atoms with Crippen molar-refractivity contribution in [1.29, 1.82) is 0 Å². The molecule has 0 fully saturated rings. The van der Waals surface area contributed by atoms with Crippen molar-refractivity contribution in [3.8, 4) is 11.3 Å². The molecule has 2 aromatic heterocycles. The van der Waals surface area contributed by atoms with Crippen molar-refractivity contribution in [2.24, 2.45) is 0 Å². The Bertz CT molecular complexity index is 677. The van der Waals surface area contributed by atoms with Crippen LogP contribution in [0.1, 0.15) is 5.56 Å². The molecule has 3 nitrogen and oxygen atoms in total. The van der Waals surface area contributed by atoms with Crippen molar-refractivity contribution >= 4 is 17.4 Å². The molecule has 20 heavy (non-hydrogen) atoms. The van der Waals surface area contributed by atoms with E-state index in [1.807, 2.05) is 48.5 Å². The second kappa shape index (κ2) is 5.80. The number of hydrogen-bond acceptors (Lipinski definition) is 3. The highest BCUT2D eigenvalue weighted by Gasteiger charge is 2.04. The third-order valence-electron chi connectivity index (χ3n) is 2.91. The van der Waals surface area contributed by atoms with Gasteiger partial charge >= 0.3 is 0 Å². The largest absolute Gasteiger partial charge is 0.464 e. The Morgan fingerprint density at radius 2 is 1.95 bits per heavy atom. The monoisotopic (exact) mass is 284 g/mol. The van der Waals surface area contributed by atoms with Crippen LogP contribution in [0.2, 0.25) is 5.02 Å². The number of anilines is 1. The third kappa shape index (κ3) is 3.00. The first-order valence-corrected chi connectivity index (χ1v) is 6.67. The smallest absolute Gasteiger partial charge is 0.134 e. The molecular formula is C16H13ClN2O. The molecule has 0 bridgehead atoms. The predicted molar refractivity (Wildman–Crippen MR) is 80.7 cm³/mol. The number of aromatic nitrogens is 1. The summed E-state index contributed by atoms with van der Waals surface area (Å²) < 4.78 is 5.58. The highest BCUT2D eigenvalue weighted by atomic mass is 35.5. The molecule has 1 aromatic carbocycles. The molecule has 1 N–H and O–H groups in total. The summed E-state index contributed by atoms with van der Waals surface area (Å²) in [6.07, 6.45) is 3.37. The van der Waals surface area contributed by atoms with E-state index in [0.717, 1.165) is 22.7 Å². The Kier molecular flexibility index (Phi) is 3.70. The lowest BCUT2D eigenvalue weighted by Gasteiger charge is -2.02. The van der Waals surface area contributed by atoms with Crippen molar-refractivity contribution in [1.82, 2.24) is 4.98 Å². The Morgan fingerprint density at radius 3 is 2.70 bits per heavy atom. The summed E-state index contributed by atoms with van der Waals surface area (Å²) in [6, 6.07) is 15.7. The lowest BCUT2D eigenvalue weighted by Crippen LogP contribution is -1.99. The van der Waals surface area contributed by atoms with E-state index in [2.05, 4.69) is 10.3 Å². The molecule has 0 aliphatic rings. The van der Waals surface area contributed by atoms with Crippen LogP contribution in [0.3, 0.4) is 0 Å². The maximum atomic E-state index is 5.79. The standard InChI is InChI=1S/C16H13ClN2O/c17-14-6-7-16(19-10-14)18-9-12-8-15(20-11-12)13-4-2-1-3-5-13/h1-8,10-11H,9H2,(H,18,19). The Hall–Kier alpha value is -2.26. The highest BCUT2D eigenvalue weighted by Crippen LogP contribution is 2.22. The molecule has 0 radical (unpaired) electrons. The molecule has 0 unspecified atom stereocenters. The first-order chi connectivity index (χ1) is 9.81. The first-order valence-electron chi connectivity index (χ1n) is 6.29. The van der Waals surface area contributed by atoms with E-state index in [1.165, 1.54) is 0 Å². The zero-order valence-corrected chi connectivity index (χ0v) is 11.5. The summed E-state index contributed by atoms with van der Waals surface area (Å²) in [6.45, 7) is 0.658. The second-order valence-electron chi connectivity index (χ2n) is 4.40. The van der Waals surface area contributed by atoms with Gasteiger partial charge in [0, 0.05) is 23.9 Å². The molecule has 0 saturated heterocycles. The summed E-state index contributed by atoms with van der Waals surface area (Å²) in [7, 11) is 0. The van der Waals surface area contributed by atoms with E-state index in [1.54, 1.807) is 12.5 Å². The number of rotatable bonds is 4. The van der Waals surface area contributed by atoms with Gasteiger partial charge in [-0.1, -0.05) is 41.9 Å². The number of pyridine rings is 1. The average molecular weight is 285 g/mol. The van der Waals surface area contributed by atoms with Crippen LogP contribution in [0.4, 0.5) is 5.82 Å². The van der Waals surface area contributed by atoms with Crippen LogP contribution in [-0.2, 0) is 6.54 Å². The minimum absolute atomic E-state index is 0.630. The van der Waals surface area contributed by atoms with E-state index in [9.17, 15) is 0 Å². The molecule has 0 atom stereocenters. The average Bonchev–Trinajstić information content (AvgIpc) is 2.97. The number of halogens is 1. The third-order valence-corrected chi connectivity index (χ3v) is 3.14. The minimum Gasteiger partial charge on any atom is -0.464 e. The fourth-order valence-corrected chi connectivity index (χ4v) is 2.01. The van der Waals surface area contributed by atoms with Gasteiger partial charge in [-0.25, -0.2) is 4.98 Å². The second-order valence-corrected chi connectivity index (χ2v) is 4.84. The van der Waals surface area contributed by atoms with Gasteiger partial charge in [-0.15, -0.1) is 0 Å². The quantitative estimate of drug-likeness (QED) is 0.760. The lowest BCUT2D eigenvalue weighted by molar-refractivity contribution is 0.579. The summed E-state index contributed by atoms with van der Waals surface area (Å²) in [5, 5.41) is 3.85. The van der Waals surface area contributed by atoms with Crippen LogP contribution >= 0.6 is 11.6 Å². The summed E-state index contributed by atoms with van der Waals surface area (Å²) in [4.78, 5) is 4.18. The molecule has 0 spiro atoms. The Balaban J connectivity index is 1.67. The fraction of sp³-hybridized carbons (Fsp3) is 0.0625. The highest BCUT2D eigenvalue weighted by molar-refractivity contribution is 6.30. The maximum absolute atomic E-state index is 5.79. The van der Waals surface area contributed by atoms with Crippen LogP contribution in [0.15, 0.2) is 65.4 Å². The van der Waals surface area contributed by atoms with Crippen molar-refractivity contribution in [3.63, 3.8) is 0 Å². The molecular weight excluding hydrogens is 272 g/mol. The molecule has 0 saturated carbocycles. The number of nitrogens with one attached hydrogen (secondary N) is 1. The van der Waals surface area contributed by atoms with Crippen LogP contribution in [0, 0.1) is 0 Å². The lowest BCUT2D eigenvalue weighted by atomic mass is 10.1. The number of hydrogen-bond donors (Lipinski definition) is 1. The van der Waals surface area contributed by atoms with Gasteiger partial charge in [0.15, 0.2) is 0 Å². The van der Waals surface area contributed by atoms with Gasteiger partial charge in [0.25, 0.3) is 0 Å². The van der Waals surface area contributed by atoms with Crippen LogP contribution in [0.5, 0.6) is 0 Å². The Morgan fingerprint density at radius 1 is 1.10 bits per heavy atom.